The molecular weight excluding hydrogens is 346 g/mol. The zero-order chi connectivity index (χ0) is 16.1. The van der Waals surface area contributed by atoms with Crippen LogP contribution in [-0.2, 0) is 17.8 Å². The van der Waals surface area contributed by atoms with Crippen LogP contribution in [0.3, 0.4) is 0 Å². The fourth-order valence-electron chi connectivity index (χ4n) is 2.24. The highest BCUT2D eigenvalue weighted by atomic mass is 35.5. The number of thiophene rings is 1. The van der Waals surface area contributed by atoms with Crippen molar-refractivity contribution in [1.82, 2.24) is 5.32 Å². The first kappa shape index (κ1) is 18.3. The number of benzene rings is 1. The molecule has 6 heteroatoms. The van der Waals surface area contributed by atoms with Gasteiger partial charge in [0.15, 0.2) is 0 Å². The van der Waals surface area contributed by atoms with Crippen LogP contribution in [-0.4, -0.2) is 13.1 Å². The van der Waals surface area contributed by atoms with Gasteiger partial charge in [0, 0.05) is 17.0 Å². The van der Waals surface area contributed by atoms with Crippen LogP contribution in [0, 0.1) is 0 Å². The molecule has 0 aliphatic carbocycles. The molecule has 0 saturated heterocycles. The van der Waals surface area contributed by atoms with E-state index >= 15 is 0 Å². The van der Waals surface area contributed by atoms with Crippen LogP contribution < -0.4 is 17.7 Å². The number of halogens is 1. The second-order valence-electron chi connectivity index (χ2n) is 5.02. The second kappa shape index (κ2) is 8.68. The highest BCUT2D eigenvalue weighted by molar-refractivity contribution is 7.09. The predicted molar refractivity (Wildman–Crippen MR) is 90.3 cm³/mol. The molecule has 0 radical (unpaired) electrons. The van der Waals surface area contributed by atoms with Crippen LogP contribution in [0.2, 0.25) is 0 Å². The number of carbonyl (C=O) groups excluding carboxylic acids is 1. The van der Waals surface area contributed by atoms with Gasteiger partial charge in [0.05, 0.1) is 19.2 Å². The summed E-state index contributed by atoms with van der Waals surface area (Å²) in [4.78, 5) is 12.7. The minimum Gasteiger partial charge on any atom is -1.00 e. The van der Waals surface area contributed by atoms with Gasteiger partial charge in [-0.05, 0) is 35.7 Å². The SMILES string of the molecule is COC(=O)c1ccc(-c2ccc(CNCc3cccs3)o2)cc1.[Cl-]. The van der Waals surface area contributed by atoms with Gasteiger partial charge < -0.3 is 26.9 Å². The number of hydrogen-bond donors (Lipinski definition) is 1. The minimum absolute atomic E-state index is 0. The van der Waals surface area contributed by atoms with E-state index < -0.39 is 0 Å². The van der Waals surface area contributed by atoms with E-state index in [-0.39, 0.29) is 18.4 Å². The summed E-state index contributed by atoms with van der Waals surface area (Å²) in [5.74, 6) is 1.33. The minimum atomic E-state index is -0.338. The lowest BCUT2D eigenvalue weighted by Gasteiger charge is -2.02. The quantitative estimate of drug-likeness (QED) is 0.667. The van der Waals surface area contributed by atoms with Crippen molar-refractivity contribution in [2.45, 2.75) is 13.1 Å². The summed E-state index contributed by atoms with van der Waals surface area (Å²) in [6.45, 7) is 1.51. The third-order valence-corrected chi connectivity index (χ3v) is 4.31. The van der Waals surface area contributed by atoms with Gasteiger partial charge >= 0.3 is 5.97 Å². The predicted octanol–water partition coefficient (Wildman–Crippen LogP) is 1.09. The van der Waals surface area contributed by atoms with Crippen molar-refractivity contribution < 1.29 is 26.4 Å². The normalized spacial score (nSPS) is 10.2. The van der Waals surface area contributed by atoms with Gasteiger partial charge in [0.1, 0.15) is 11.5 Å². The molecular formula is C18H17ClNO3S-. The molecule has 2 heterocycles. The van der Waals surface area contributed by atoms with Crippen molar-refractivity contribution in [3.63, 3.8) is 0 Å². The van der Waals surface area contributed by atoms with Gasteiger partial charge in [-0.3, -0.25) is 0 Å². The number of methoxy groups -OCH3 is 1. The maximum Gasteiger partial charge on any atom is 0.337 e. The molecule has 4 nitrogen and oxygen atoms in total. The van der Waals surface area contributed by atoms with E-state index in [0.29, 0.717) is 12.1 Å². The lowest BCUT2D eigenvalue weighted by molar-refractivity contribution is -0.0000197. The monoisotopic (exact) mass is 362 g/mol. The molecule has 0 spiro atoms. The maximum atomic E-state index is 11.4. The van der Waals surface area contributed by atoms with Gasteiger partial charge in [-0.25, -0.2) is 4.79 Å². The molecule has 0 aliphatic heterocycles. The van der Waals surface area contributed by atoms with Crippen LogP contribution in [0.4, 0.5) is 0 Å². The largest absolute Gasteiger partial charge is 1.00 e. The average molecular weight is 363 g/mol. The molecule has 1 aromatic carbocycles. The zero-order valence-corrected chi connectivity index (χ0v) is 14.7. The Morgan fingerprint density at radius 2 is 1.92 bits per heavy atom. The summed E-state index contributed by atoms with van der Waals surface area (Å²) in [5.41, 5.74) is 1.46. The van der Waals surface area contributed by atoms with E-state index in [4.69, 9.17) is 9.15 Å². The molecule has 2 aromatic heterocycles. The van der Waals surface area contributed by atoms with Gasteiger partial charge in [0.25, 0.3) is 0 Å². The lowest BCUT2D eigenvalue weighted by Crippen LogP contribution is -3.00. The molecule has 0 amide bonds. The Balaban J connectivity index is 0.00000208. The van der Waals surface area contributed by atoms with E-state index in [1.807, 2.05) is 30.3 Å². The highest BCUT2D eigenvalue weighted by Gasteiger charge is 2.08. The average Bonchev–Trinajstić information content (AvgIpc) is 3.26. The summed E-state index contributed by atoms with van der Waals surface area (Å²) in [7, 11) is 1.37. The number of nitrogens with one attached hydrogen (secondary N) is 1. The second-order valence-corrected chi connectivity index (χ2v) is 6.05. The zero-order valence-electron chi connectivity index (χ0n) is 13.1. The van der Waals surface area contributed by atoms with Crippen molar-refractivity contribution in [1.29, 1.82) is 0 Å². The van der Waals surface area contributed by atoms with Crippen LogP contribution in [0.5, 0.6) is 0 Å². The Labute approximate surface area is 150 Å². The fraction of sp³-hybridized carbons (Fsp3) is 0.167. The molecule has 3 aromatic rings. The first-order valence-corrected chi connectivity index (χ1v) is 8.15. The summed E-state index contributed by atoms with van der Waals surface area (Å²) in [6, 6.07) is 15.2. The van der Waals surface area contributed by atoms with Gasteiger partial charge in [0.2, 0.25) is 0 Å². The summed E-state index contributed by atoms with van der Waals surface area (Å²) >= 11 is 1.73. The van der Waals surface area contributed by atoms with E-state index in [9.17, 15) is 4.79 Å². The van der Waals surface area contributed by atoms with Crippen molar-refractivity contribution in [3.8, 4) is 11.3 Å². The molecule has 1 N–H and O–H groups in total. The number of ether oxygens (including phenoxy) is 1. The molecule has 126 valence electrons. The maximum absolute atomic E-state index is 11.4. The lowest BCUT2D eigenvalue weighted by atomic mass is 10.1. The summed E-state index contributed by atoms with van der Waals surface area (Å²) < 4.78 is 10.5. The third-order valence-electron chi connectivity index (χ3n) is 3.43. The van der Waals surface area contributed by atoms with Crippen molar-refractivity contribution in [3.05, 3.63) is 70.1 Å². The molecule has 0 saturated carbocycles. The Kier molecular flexibility index (Phi) is 6.61. The van der Waals surface area contributed by atoms with Crippen LogP contribution in [0.1, 0.15) is 21.0 Å². The Morgan fingerprint density at radius 1 is 1.12 bits per heavy atom. The van der Waals surface area contributed by atoms with Crippen LogP contribution >= 0.6 is 11.3 Å². The summed E-state index contributed by atoms with van der Waals surface area (Å²) in [5, 5.41) is 5.43. The first-order valence-electron chi connectivity index (χ1n) is 7.27. The molecule has 0 atom stereocenters. The first-order chi connectivity index (χ1) is 11.3. The number of carbonyl (C=O) groups is 1. The Hall–Kier alpha value is -2.08. The molecule has 3 rings (SSSR count). The standard InChI is InChI=1S/C18H17NO3S.ClH/c1-21-18(20)14-6-4-13(5-7-14)17-9-8-15(22-17)11-19-12-16-3-2-10-23-16;/h2-10,19H,11-12H2,1H3;1H/p-1. The van der Waals surface area contributed by atoms with Gasteiger partial charge in [-0.1, -0.05) is 18.2 Å². The topological polar surface area (TPSA) is 51.5 Å². The Morgan fingerprint density at radius 3 is 2.58 bits per heavy atom. The molecule has 0 aliphatic rings. The third kappa shape index (κ3) is 4.47. The number of rotatable bonds is 6. The number of furan rings is 1. The number of hydrogen-bond acceptors (Lipinski definition) is 5. The summed E-state index contributed by atoms with van der Waals surface area (Å²) in [6.07, 6.45) is 0. The van der Waals surface area contributed by atoms with Crippen molar-refractivity contribution >= 4 is 17.3 Å². The van der Waals surface area contributed by atoms with E-state index in [1.54, 1.807) is 23.5 Å². The van der Waals surface area contributed by atoms with E-state index in [2.05, 4.69) is 16.8 Å². The van der Waals surface area contributed by atoms with Crippen LogP contribution in [0.25, 0.3) is 11.3 Å². The fourth-order valence-corrected chi connectivity index (χ4v) is 2.91. The highest BCUT2D eigenvalue weighted by Crippen LogP contribution is 2.23. The Bertz CT molecular complexity index is 766. The van der Waals surface area contributed by atoms with E-state index in [1.165, 1.54) is 12.0 Å². The molecule has 24 heavy (non-hydrogen) atoms. The van der Waals surface area contributed by atoms with Crippen molar-refractivity contribution in [2.75, 3.05) is 7.11 Å². The van der Waals surface area contributed by atoms with E-state index in [0.717, 1.165) is 23.6 Å². The van der Waals surface area contributed by atoms with Crippen molar-refractivity contribution in [2.24, 2.45) is 0 Å². The van der Waals surface area contributed by atoms with Crippen LogP contribution in [0.15, 0.2) is 58.3 Å². The molecule has 0 unspecified atom stereocenters. The smallest absolute Gasteiger partial charge is 0.337 e. The van der Waals surface area contributed by atoms with Gasteiger partial charge in [-0.2, -0.15) is 0 Å². The molecule has 0 bridgehead atoms. The molecule has 0 fully saturated rings. The number of esters is 1. The van der Waals surface area contributed by atoms with Gasteiger partial charge in [-0.15, -0.1) is 11.3 Å².